The number of fused-ring (bicyclic) bond motifs is 1. The second-order valence-electron chi connectivity index (χ2n) is 5.42. The number of carbonyl (C=O) groups is 1. The fourth-order valence-corrected chi connectivity index (χ4v) is 3.15. The van der Waals surface area contributed by atoms with Gasteiger partial charge in [-0.1, -0.05) is 12.8 Å². The number of hydrogen-bond acceptors (Lipinski definition) is 4. The van der Waals surface area contributed by atoms with Crippen LogP contribution in [0, 0.1) is 0 Å². The number of nitrogens with two attached hydrogens (primary N) is 1. The number of nitrogens with one attached hydrogen (secondary N) is 1. The SMILES string of the molecule is N[C@@H]1CCCC[C@H]1NC(=O)c1ccc2cncc(Br)c2n1. The lowest BCUT2D eigenvalue weighted by atomic mass is 9.91. The van der Waals surface area contributed by atoms with Gasteiger partial charge in [0.05, 0.1) is 9.99 Å². The molecule has 1 aliphatic carbocycles. The maximum atomic E-state index is 12.4. The van der Waals surface area contributed by atoms with E-state index >= 15 is 0 Å². The van der Waals surface area contributed by atoms with E-state index in [0.717, 1.165) is 41.1 Å². The number of pyridine rings is 2. The summed E-state index contributed by atoms with van der Waals surface area (Å²) in [4.78, 5) is 20.9. The summed E-state index contributed by atoms with van der Waals surface area (Å²) >= 11 is 3.41. The van der Waals surface area contributed by atoms with Gasteiger partial charge in [-0.05, 0) is 40.9 Å². The van der Waals surface area contributed by atoms with Gasteiger partial charge in [0.15, 0.2) is 0 Å². The summed E-state index contributed by atoms with van der Waals surface area (Å²) in [6, 6.07) is 3.67. The second kappa shape index (κ2) is 6.07. The molecule has 21 heavy (non-hydrogen) atoms. The van der Waals surface area contributed by atoms with Gasteiger partial charge in [0.25, 0.3) is 5.91 Å². The van der Waals surface area contributed by atoms with Gasteiger partial charge in [0.1, 0.15) is 5.69 Å². The smallest absolute Gasteiger partial charge is 0.270 e. The first-order valence-electron chi connectivity index (χ1n) is 7.12. The molecular formula is C15H17BrN4O. The van der Waals surface area contributed by atoms with E-state index in [-0.39, 0.29) is 18.0 Å². The average Bonchev–Trinajstić information content (AvgIpc) is 2.50. The van der Waals surface area contributed by atoms with Crippen LogP contribution in [0.15, 0.2) is 29.0 Å². The van der Waals surface area contributed by atoms with E-state index < -0.39 is 0 Å². The molecule has 0 radical (unpaired) electrons. The summed E-state index contributed by atoms with van der Waals surface area (Å²) in [6.07, 6.45) is 7.56. The largest absolute Gasteiger partial charge is 0.346 e. The van der Waals surface area contributed by atoms with Crippen molar-refractivity contribution in [1.29, 1.82) is 0 Å². The molecule has 2 atom stereocenters. The zero-order valence-corrected chi connectivity index (χ0v) is 13.1. The first-order valence-corrected chi connectivity index (χ1v) is 7.91. The Balaban J connectivity index is 1.82. The summed E-state index contributed by atoms with van der Waals surface area (Å²) in [7, 11) is 0. The summed E-state index contributed by atoms with van der Waals surface area (Å²) in [5.74, 6) is -0.164. The molecule has 110 valence electrons. The fraction of sp³-hybridized carbons (Fsp3) is 0.400. The molecule has 5 nitrogen and oxygen atoms in total. The van der Waals surface area contributed by atoms with Crippen LogP contribution in [0.5, 0.6) is 0 Å². The van der Waals surface area contributed by atoms with Crippen molar-refractivity contribution in [1.82, 2.24) is 15.3 Å². The topological polar surface area (TPSA) is 80.9 Å². The van der Waals surface area contributed by atoms with Crippen LogP contribution in [0.2, 0.25) is 0 Å². The number of rotatable bonds is 2. The van der Waals surface area contributed by atoms with E-state index in [9.17, 15) is 4.79 Å². The standard InChI is InChI=1S/C15H17BrN4O/c16-10-8-18-7-9-5-6-13(19-14(9)10)15(21)20-12-4-2-1-3-11(12)17/h5-8,11-12H,1-4,17H2,(H,20,21)/t11-,12-/m1/s1. The zero-order valence-electron chi connectivity index (χ0n) is 11.6. The fourth-order valence-electron chi connectivity index (χ4n) is 2.72. The van der Waals surface area contributed by atoms with Crippen molar-refractivity contribution in [3.8, 4) is 0 Å². The number of carbonyl (C=O) groups excluding carboxylic acids is 1. The predicted octanol–water partition coefficient (Wildman–Crippen LogP) is 2.39. The van der Waals surface area contributed by atoms with Gasteiger partial charge in [-0.15, -0.1) is 0 Å². The maximum absolute atomic E-state index is 12.4. The van der Waals surface area contributed by atoms with Crippen molar-refractivity contribution in [2.24, 2.45) is 5.73 Å². The first kappa shape index (κ1) is 14.4. The lowest BCUT2D eigenvalue weighted by Gasteiger charge is -2.29. The Morgan fingerprint density at radius 2 is 2.10 bits per heavy atom. The summed E-state index contributed by atoms with van der Waals surface area (Å²) in [5.41, 5.74) is 7.22. The minimum Gasteiger partial charge on any atom is -0.346 e. The van der Waals surface area contributed by atoms with E-state index in [4.69, 9.17) is 5.73 Å². The molecule has 1 amide bonds. The van der Waals surface area contributed by atoms with Gasteiger partial charge in [0.2, 0.25) is 0 Å². The molecule has 1 aliphatic rings. The zero-order chi connectivity index (χ0) is 14.8. The Hall–Kier alpha value is -1.53. The third-order valence-corrected chi connectivity index (χ3v) is 4.50. The van der Waals surface area contributed by atoms with Crippen LogP contribution in [0.25, 0.3) is 10.9 Å². The molecule has 0 spiro atoms. The number of halogens is 1. The van der Waals surface area contributed by atoms with Crippen LogP contribution in [0.1, 0.15) is 36.2 Å². The summed E-state index contributed by atoms with van der Waals surface area (Å²) in [6.45, 7) is 0. The molecule has 0 unspecified atom stereocenters. The molecular weight excluding hydrogens is 332 g/mol. The molecule has 0 saturated heterocycles. The normalized spacial score (nSPS) is 22.2. The molecule has 2 aromatic heterocycles. The van der Waals surface area contributed by atoms with Crippen molar-refractivity contribution >= 4 is 32.7 Å². The Morgan fingerprint density at radius 1 is 1.29 bits per heavy atom. The molecule has 3 rings (SSSR count). The van der Waals surface area contributed by atoms with E-state index in [0.29, 0.717) is 5.69 Å². The molecule has 0 aliphatic heterocycles. The number of amides is 1. The highest BCUT2D eigenvalue weighted by Gasteiger charge is 2.24. The Morgan fingerprint density at radius 3 is 2.90 bits per heavy atom. The van der Waals surface area contributed by atoms with Crippen molar-refractivity contribution < 1.29 is 4.79 Å². The molecule has 1 saturated carbocycles. The van der Waals surface area contributed by atoms with E-state index in [1.165, 1.54) is 0 Å². The number of aromatic nitrogens is 2. The highest BCUT2D eigenvalue weighted by atomic mass is 79.9. The lowest BCUT2D eigenvalue weighted by Crippen LogP contribution is -2.49. The van der Waals surface area contributed by atoms with Crippen LogP contribution in [0.3, 0.4) is 0 Å². The van der Waals surface area contributed by atoms with Gasteiger partial charge in [-0.2, -0.15) is 0 Å². The van der Waals surface area contributed by atoms with E-state index in [2.05, 4.69) is 31.2 Å². The Bertz CT molecular complexity index is 676. The molecule has 2 aromatic rings. The van der Waals surface area contributed by atoms with Gasteiger partial charge in [0, 0.05) is 29.9 Å². The third-order valence-electron chi connectivity index (χ3n) is 3.92. The average molecular weight is 349 g/mol. The molecule has 6 heteroatoms. The number of nitrogens with zero attached hydrogens (tertiary/aromatic N) is 2. The molecule has 0 bridgehead atoms. The molecule has 3 N–H and O–H groups in total. The monoisotopic (exact) mass is 348 g/mol. The Kier molecular flexibility index (Phi) is 4.17. The van der Waals surface area contributed by atoms with Crippen molar-refractivity contribution in [3.05, 3.63) is 34.7 Å². The second-order valence-corrected chi connectivity index (χ2v) is 6.27. The minimum absolute atomic E-state index is 0.0408. The quantitative estimate of drug-likeness (QED) is 0.872. The third kappa shape index (κ3) is 3.06. The molecule has 0 aromatic carbocycles. The number of hydrogen-bond donors (Lipinski definition) is 2. The van der Waals surface area contributed by atoms with Crippen molar-refractivity contribution in [3.63, 3.8) is 0 Å². The first-order chi connectivity index (χ1) is 10.1. The van der Waals surface area contributed by atoms with E-state index in [1.807, 2.05) is 6.07 Å². The van der Waals surface area contributed by atoms with Gasteiger partial charge >= 0.3 is 0 Å². The summed E-state index contributed by atoms with van der Waals surface area (Å²) in [5, 5.41) is 3.91. The van der Waals surface area contributed by atoms with Crippen LogP contribution in [0.4, 0.5) is 0 Å². The molecule has 2 heterocycles. The van der Waals surface area contributed by atoms with Gasteiger partial charge in [-0.3, -0.25) is 9.78 Å². The van der Waals surface area contributed by atoms with Crippen molar-refractivity contribution in [2.75, 3.05) is 0 Å². The van der Waals surface area contributed by atoms with Crippen molar-refractivity contribution in [2.45, 2.75) is 37.8 Å². The van der Waals surface area contributed by atoms with Crippen LogP contribution >= 0.6 is 15.9 Å². The van der Waals surface area contributed by atoms with Gasteiger partial charge in [-0.25, -0.2) is 4.98 Å². The predicted molar refractivity (Wildman–Crippen MR) is 84.9 cm³/mol. The highest BCUT2D eigenvalue weighted by molar-refractivity contribution is 9.10. The minimum atomic E-state index is -0.164. The van der Waals surface area contributed by atoms with E-state index in [1.54, 1.807) is 18.5 Å². The Labute approximate surface area is 131 Å². The maximum Gasteiger partial charge on any atom is 0.270 e. The highest BCUT2D eigenvalue weighted by Crippen LogP contribution is 2.21. The van der Waals surface area contributed by atoms with Crippen LogP contribution in [-0.2, 0) is 0 Å². The van der Waals surface area contributed by atoms with Crippen LogP contribution in [-0.4, -0.2) is 28.0 Å². The van der Waals surface area contributed by atoms with Crippen LogP contribution < -0.4 is 11.1 Å². The summed E-state index contributed by atoms with van der Waals surface area (Å²) < 4.78 is 0.781. The molecule has 1 fully saturated rings. The van der Waals surface area contributed by atoms with Gasteiger partial charge < -0.3 is 11.1 Å². The lowest BCUT2D eigenvalue weighted by molar-refractivity contribution is 0.0916.